The molecule has 1 aromatic heterocycles. The second kappa shape index (κ2) is 16.4. The van der Waals surface area contributed by atoms with E-state index in [4.69, 9.17) is 4.98 Å². The lowest BCUT2D eigenvalue weighted by molar-refractivity contribution is 0.0962. The van der Waals surface area contributed by atoms with Crippen molar-refractivity contribution in [2.24, 2.45) is 0 Å². The van der Waals surface area contributed by atoms with Crippen LogP contribution in [0.5, 0.6) is 0 Å². The Hall–Kier alpha value is -2.29. The van der Waals surface area contributed by atoms with Crippen molar-refractivity contribution < 1.29 is 10.5 Å². The number of carbonyl (C=O) groups excluding carboxylic acids is 1. The minimum absolute atomic E-state index is 0. The topological polar surface area (TPSA) is 226 Å². The van der Waals surface area contributed by atoms with Gasteiger partial charge in [0.1, 0.15) is 0 Å². The van der Waals surface area contributed by atoms with Crippen molar-refractivity contribution in [3.05, 3.63) is 34.3 Å². The number of halogens is 2. The smallest absolute Gasteiger partial charge is 0.269 e. The second-order valence-electron chi connectivity index (χ2n) is 7.44. The fraction of sp³-hybridized carbons (Fsp3) is 0.500. The maximum absolute atomic E-state index is 12.4. The fourth-order valence-electron chi connectivity index (χ4n) is 3.67. The summed E-state index contributed by atoms with van der Waals surface area (Å²) in [5.74, 6) is 1.49. The number of amides is 1. The van der Waals surface area contributed by atoms with E-state index in [1.54, 1.807) is 12.1 Å². The molecular formula is C20H47BrClN11O. The van der Waals surface area contributed by atoms with E-state index >= 15 is 0 Å². The third kappa shape index (κ3) is 8.81. The van der Waals surface area contributed by atoms with Gasteiger partial charge in [0.05, 0.1) is 0 Å². The molecular weight excluding hydrogens is 526 g/mol. The van der Waals surface area contributed by atoms with Crippen LogP contribution in [0.3, 0.4) is 0 Å². The molecule has 14 N–H and O–H groups in total. The number of hydrazine groups is 1. The highest BCUT2D eigenvalue weighted by molar-refractivity contribution is 9.10. The monoisotopic (exact) mass is 571 g/mol. The van der Waals surface area contributed by atoms with Crippen LogP contribution in [0, 0.1) is 0 Å². The van der Waals surface area contributed by atoms with Gasteiger partial charge in [-0.2, -0.15) is 15.0 Å². The fourth-order valence-corrected chi connectivity index (χ4v) is 3.93. The van der Waals surface area contributed by atoms with Crippen molar-refractivity contribution in [3.8, 4) is 0 Å². The van der Waals surface area contributed by atoms with Crippen molar-refractivity contribution in [3.63, 3.8) is 0 Å². The summed E-state index contributed by atoms with van der Waals surface area (Å²) >= 11 is 3.38. The Morgan fingerprint density at radius 3 is 1.65 bits per heavy atom. The Morgan fingerprint density at radius 2 is 1.21 bits per heavy atom. The standard InChI is InChI=1S/C20H26BrN7O.ClH.4H3N.4H2/c21-16-9-7-15(8-10-16)17(29)25-26-18-22-19(27-11-3-1-4-12-27)24-20(23-18)28-13-5-2-6-14-28;;;;;;;;;/h7-10H,1-6,11-14H2,(H,25,29)(H,22,23,24,26);1H;4*1H3;4*1H. The maximum Gasteiger partial charge on any atom is 0.269 e. The van der Waals surface area contributed by atoms with Crippen LogP contribution >= 0.6 is 28.3 Å². The van der Waals surface area contributed by atoms with Crippen molar-refractivity contribution in [1.82, 2.24) is 45.0 Å². The number of hydrogen-bond donors (Lipinski definition) is 6. The molecule has 0 unspecified atom stereocenters. The largest absolute Gasteiger partial charge is 0.344 e. The minimum Gasteiger partial charge on any atom is -0.344 e. The summed E-state index contributed by atoms with van der Waals surface area (Å²) in [6.45, 7) is 3.81. The molecule has 0 saturated carbocycles. The Kier molecular flexibility index (Phi) is 16.3. The van der Waals surface area contributed by atoms with E-state index in [0.29, 0.717) is 23.4 Å². The number of anilines is 3. The van der Waals surface area contributed by atoms with Gasteiger partial charge in [-0.15, -0.1) is 12.4 Å². The molecule has 2 aromatic rings. The van der Waals surface area contributed by atoms with Gasteiger partial charge in [0.2, 0.25) is 17.8 Å². The molecule has 12 nitrogen and oxygen atoms in total. The third-order valence-electron chi connectivity index (χ3n) is 5.28. The van der Waals surface area contributed by atoms with E-state index in [9.17, 15) is 4.79 Å². The summed E-state index contributed by atoms with van der Waals surface area (Å²) in [6.07, 6.45) is 7.08. The van der Waals surface area contributed by atoms with E-state index in [2.05, 4.69) is 46.5 Å². The molecule has 1 aromatic carbocycles. The summed E-state index contributed by atoms with van der Waals surface area (Å²) in [5.41, 5.74) is 6.15. The third-order valence-corrected chi connectivity index (χ3v) is 5.81. The zero-order valence-corrected chi connectivity index (χ0v) is 22.0. The van der Waals surface area contributed by atoms with Crippen LogP contribution in [-0.2, 0) is 0 Å². The molecule has 2 fully saturated rings. The van der Waals surface area contributed by atoms with Crippen molar-refractivity contribution >= 4 is 52.1 Å². The number of nitrogens with zero attached hydrogens (tertiary/aromatic N) is 5. The molecule has 0 aliphatic carbocycles. The van der Waals surface area contributed by atoms with Crippen LogP contribution < -0.4 is 45.3 Å². The zero-order valence-electron chi connectivity index (χ0n) is 19.6. The van der Waals surface area contributed by atoms with Crippen molar-refractivity contribution in [2.75, 3.05) is 41.4 Å². The second-order valence-corrected chi connectivity index (χ2v) is 8.36. The van der Waals surface area contributed by atoms with Gasteiger partial charge in [0, 0.05) is 41.9 Å². The zero-order chi connectivity index (χ0) is 20.1. The van der Waals surface area contributed by atoms with E-state index in [0.717, 1.165) is 56.3 Å². The molecule has 0 bridgehead atoms. The first-order chi connectivity index (χ1) is 14.2. The van der Waals surface area contributed by atoms with E-state index in [-0.39, 0.29) is 48.6 Å². The number of aromatic nitrogens is 3. The van der Waals surface area contributed by atoms with Crippen molar-refractivity contribution in [1.29, 1.82) is 0 Å². The molecule has 2 aliphatic rings. The van der Waals surface area contributed by atoms with Crippen LogP contribution in [0.1, 0.15) is 54.6 Å². The molecule has 2 aliphatic heterocycles. The number of benzene rings is 1. The Morgan fingerprint density at radius 1 is 0.765 bits per heavy atom. The molecule has 0 spiro atoms. The predicted octanol–water partition coefficient (Wildman–Crippen LogP) is 5.43. The SMILES string of the molecule is Cl.N.N.N.N.O=C(NNc1nc(N2CCCCC2)nc(N2CCCCC2)n1)c1ccc(Br)cc1.[HH].[HH].[HH].[HH]. The van der Waals surface area contributed by atoms with Gasteiger partial charge < -0.3 is 34.4 Å². The van der Waals surface area contributed by atoms with E-state index < -0.39 is 0 Å². The van der Waals surface area contributed by atoms with Gasteiger partial charge in [0.15, 0.2) is 0 Å². The Labute approximate surface area is 221 Å². The lowest BCUT2D eigenvalue weighted by atomic mass is 10.1. The Balaban J connectivity index is -0.000000284. The quantitative estimate of drug-likeness (QED) is 0.247. The predicted molar refractivity (Wildman–Crippen MR) is 153 cm³/mol. The van der Waals surface area contributed by atoms with Gasteiger partial charge in [-0.1, -0.05) is 15.9 Å². The highest BCUT2D eigenvalue weighted by atomic mass is 79.9. The van der Waals surface area contributed by atoms with Gasteiger partial charge in [-0.3, -0.25) is 15.6 Å². The first-order valence-corrected chi connectivity index (χ1v) is 11.1. The first kappa shape index (κ1) is 33.9. The number of rotatable bonds is 5. The molecule has 34 heavy (non-hydrogen) atoms. The first-order valence-electron chi connectivity index (χ1n) is 10.3. The van der Waals surface area contributed by atoms with Gasteiger partial charge in [-0.25, -0.2) is 0 Å². The molecule has 0 radical (unpaired) electrons. The lowest BCUT2D eigenvalue weighted by Crippen LogP contribution is -2.36. The van der Waals surface area contributed by atoms with Crippen LogP contribution in [0.15, 0.2) is 28.7 Å². The summed E-state index contributed by atoms with van der Waals surface area (Å²) in [5, 5.41) is 0. The molecule has 1 amide bonds. The molecule has 2 saturated heterocycles. The van der Waals surface area contributed by atoms with E-state index in [1.807, 2.05) is 12.1 Å². The summed E-state index contributed by atoms with van der Waals surface area (Å²) in [4.78, 5) is 30.7. The van der Waals surface area contributed by atoms with E-state index in [1.165, 1.54) is 12.8 Å². The Bertz CT molecular complexity index is 829. The summed E-state index contributed by atoms with van der Waals surface area (Å²) in [6, 6.07) is 7.18. The van der Waals surface area contributed by atoms with Crippen LogP contribution in [0.2, 0.25) is 0 Å². The number of nitrogens with one attached hydrogen (secondary N) is 2. The highest BCUT2D eigenvalue weighted by Gasteiger charge is 2.20. The maximum atomic E-state index is 12.4. The van der Waals surface area contributed by atoms with Gasteiger partial charge in [0.25, 0.3) is 5.91 Å². The van der Waals surface area contributed by atoms with Crippen LogP contribution in [0.25, 0.3) is 0 Å². The van der Waals surface area contributed by atoms with Crippen LogP contribution in [0.4, 0.5) is 17.8 Å². The minimum atomic E-state index is -0.239. The van der Waals surface area contributed by atoms with Gasteiger partial charge >= 0.3 is 0 Å². The number of piperidine rings is 2. The number of hydrogen-bond acceptors (Lipinski definition) is 11. The van der Waals surface area contributed by atoms with Crippen LogP contribution in [-0.4, -0.2) is 47.0 Å². The molecule has 4 rings (SSSR count). The lowest BCUT2D eigenvalue weighted by Gasteiger charge is -2.30. The van der Waals surface area contributed by atoms with Gasteiger partial charge in [-0.05, 0) is 62.8 Å². The molecule has 14 heteroatoms. The molecule has 0 atom stereocenters. The molecule has 3 heterocycles. The summed E-state index contributed by atoms with van der Waals surface area (Å²) in [7, 11) is 0. The average molecular weight is 573 g/mol. The normalized spacial score (nSPS) is 14.6. The number of carbonyl (C=O) groups is 1. The highest BCUT2D eigenvalue weighted by Crippen LogP contribution is 2.22. The molecule has 202 valence electrons. The summed E-state index contributed by atoms with van der Waals surface area (Å²) < 4.78 is 0.928. The van der Waals surface area contributed by atoms with Crippen molar-refractivity contribution in [2.45, 2.75) is 38.5 Å². The average Bonchev–Trinajstić information content (AvgIpc) is 2.79.